The van der Waals surface area contributed by atoms with Crippen molar-refractivity contribution in [3.8, 4) is 5.75 Å². The van der Waals surface area contributed by atoms with Crippen LogP contribution in [-0.2, 0) is 6.54 Å². The highest BCUT2D eigenvalue weighted by Crippen LogP contribution is 2.28. The highest BCUT2D eigenvalue weighted by atomic mass is 79.9. The summed E-state index contributed by atoms with van der Waals surface area (Å²) in [6.07, 6.45) is 0. The first kappa shape index (κ1) is 14.6. The van der Waals surface area contributed by atoms with Crippen molar-refractivity contribution in [2.45, 2.75) is 26.4 Å². The second-order valence-electron chi connectivity index (χ2n) is 4.46. The van der Waals surface area contributed by atoms with Crippen molar-refractivity contribution in [2.24, 2.45) is 0 Å². The molecule has 0 saturated carbocycles. The molecule has 102 valence electrons. The first-order chi connectivity index (χ1) is 9.11. The number of hydrogen-bond donors (Lipinski definition) is 1. The number of methoxy groups -OCH3 is 1. The van der Waals surface area contributed by atoms with E-state index < -0.39 is 0 Å². The number of halogens is 1. The molecule has 1 aromatic carbocycles. The van der Waals surface area contributed by atoms with Crippen LogP contribution in [0.1, 0.15) is 28.3 Å². The molecule has 2 rings (SSSR count). The number of nitrogens with one attached hydrogen (secondary N) is 1. The molecular formula is C15H18BrNOS. The molecule has 1 atom stereocenters. The third-order valence-electron chi connectivity index (χ3n) is 3.10. The minimum atomic E-state index is 0.261. The maximum absolute atomic E-state index is 5.40. The lowest BCUT2D eigenvalue weighted by Crippen LogP contribution is -2.18. The first-order valence-electron chi connectivity index (χ1n) is 6.23. The zero-order valence-electron chi connectivity index (χ0n) is 11.4. The molecule has 1 N–H and O–H groups in total. The van der Waals surface area contributed by atoms with Crippen molar-refractivity contribution in [2.75, 3.05) is 7.11 Å². The van der Waals surface area contributed by atoms with Crippen LogP contribution in [0.25, 0.3) is 0 Å². The molecule has 4 heteroatoms. The molecule has 0 saturated heterocycles. The van der Waals surface area contributed by atoms with Crippen molar-refractivity contribution < 1.29 is 4.74 Å². The summed E-state index contributed by atoms with van der Waals surface area (Å²) in [6.45, 7) is 5.16. The zero-order chi connectivity index (χ0) is 13.8. The molecule has 2 aromatic rings. The molecule has 0 aliphatic carbocycles. The van der Waals surface area contributed by atoms with Crippen LogP contribution in [0.15, 0.2) is 34.8 Å². The van der Waals surface area contributed by atoms with E-state index in [9.17, 15) is 0 Å². The monoisotopic (exact) mass is 339 g/mol. The van der Waals surface area contributed by atoms with E-state index in [1.54, 1.807) is 7.11 Å². The predicted octanol–water partition coefficient (Wildman–Crippen LogP) is 4.68. The van der Waals surface area contributed by atoms with Crippen LogP contribution in [0.2, 0.25) is 0 Å². The van der Waals surface area contributed by atoms with Crippen molar-refractivity contribution in [3.05, 3.63) is 50.1 Å². The van der Waals surface area contributed by atoms with Crippen LogP contribution in [0.5, 0.6) is 5.75 Å². The van der Waals surface area contributed by atoms with Crippen molar-refractivity contribution in [3.63, 3.8) is 0 Å². The Bertz CT molecular complexity index is 533. The smallest absolute Gasteiger partial charge is 0.123 e. The third kappa shape index (κ3) is 3.59. The number of benzene rings is 1. The van der Waals surface area contributed by atoms with Crippen molar-refractivity contribution in [1.82, 2.24) is 5.32 Å². The van der Waals surface area contributed by atoms with Gasteiger partial charge in [-0.2, -0.15) is 0 Å². The molecule has 0 fully saturated rings. The topological polar surface area (TPSA) is 21.3 Å². The number of hydrogen-bond acceptors (Lipinski definition) is 3. The quantitative estimate of drug-likeness (QED) is 0.853. The Morgan fingerprint density at radius 2 is 2.11 bits per heavy atom. The molecule has 0 aliphatic rings. The Kier molecular flexibility index (Phi) is 5.02. The lowest BCUT2D eigenvalue weighted by molar-refractivity contribution is 0.401. The van der Waals surface area contributed by atoms with E-state index in [0.29, 0.717) is 0 Å². The predicted molar refractivity (Wildman–Crippen MR) is 85.0 cm³/mol. The highest BCUT2D eigenvalue weighted by molar-refractivity contribution is 9.10. The molecule has 1 heterocycles. The molecule has 0 amide bonds. The Morgan fingerprint density at radius 3 is 2.74 bits per heavy atom. The summed E-state index contributed by atoms with van der Waals surface area (Å²) in [5, 5.41) is 3.54. The van der Waals surface area contributed by atoms with Crippen LogP contribution in [0, 0.1) is 6.92 Å². The molecule has 1 aromatic heterocycles. The van der Waals surface area contributed by atoms with Crippen LogP contribution in [-0.4, -0.2) is 7.11 Å². The van der Waals surface area contributed by atoms with Gasteiger partial charge in [0.1, 0.15) is 5.75 Å². The summed E-state index contributed by atoms with van der Waals surface area (Å²) in [6, 6.07) is 10.6. The average Bonchev–Trinajstić information content (AvgIpc) is 2.75. The van der Waals surface area contributed by atoms with Crippen LogP contribution in [0.3, 0.4) is 0 Å². The van der Waals surface area contributed by atoms with Gasteiger partial charge in [0, 0.05) is 32.4 Å². The summed E-state index contributed by atoms with van der Waals surface area (Å²) in [5.41, 5.74) is 1.19. The fourth-order valence-electron chi connectivity index (χ4n) is 1.99. The standard InChI is InChI=1S/C15H18BrNOS/c1-10(13-6-4-5-7-15(13)18-3)17-9-12-8-14(16)11(2)19-12/h4-8,10,17H,9H2,1-3H3/t10-/m1/s1. The minimum absolute atomic E-state index is 0.261. The van der Waals surface area contributed by atoms with E-state index in [1.807, 2.05) is 29.5 Å². The second kappa shape index (κ2) is 6.55. The van der Waals surface area contributed by atoms with E-state index in [1.165, 1.54) is 19.8 Å². The summed E-state index contributed by atoms with van der Waals surface area (Å²) in [7, 11) is 1.71. The lowest BCUT2D eigenvalue weighted by Gasteiger charge is -2.16. The molecule has 0 spiro atoms. The molecule has 2 nitrogen and oxygen atoms in total. The maximum Gasteiger partial charge on any atom is 0.123 e. The van der Waals surface area contributed by atoms with E-state index in [-0.39, 0.29) is 6.04 Å². The van der Waals surface area contributed by atoms with E-state index in [0.717, 1.165) is 12.3 Å². The highest BCUT2D eigenvalue weighted by Gasteiger charge is 2.11. The molecule has 0 aliphatic heterocycles. The lowest BCUT2D eigenvalue weighted by atomic mass is 10.1. The van der Waals surface area contributed by atoms with Crippen LogP contribution >= 0.6 is 27.3 Å². The number of para-hydroxylation sites is 1. The summed E-state index contributed by atoms with van der Waals surface area (Å²) >= 11 is 5.37. The minimum Gasteiger partial charge on any atom is -0.496 e. The van der Waals surface area contributed by atoms with Crippen LogP contribution < -0.4 is 10.1 Å². The SMILES string of the molecule is COc1ccccc1[C@@H](C)NCc1cc(Br)c(C)s1. The zero-order valence-corrected chi connectivity index (χ0v) is 13.8. The Hall–Kier alpha value is -0.840. The molecule has 0 bridgehead atoms. The van der Waals surface area contributed by atoms with Gasteiger partial charge in [0.2, 0.25) is 0 Å². The Balaban J connectivity index is 2.03. The Morgan fingerprint density at radius 1 is 1.37 bits per heavy atom. The van der Waals surface area contributed by atoms with Gasteiger partial charge in [-0.05, 0) is 41.9 Å². The van der Waals surface area contributed by atoms with Gasteiger partial charge in [-0.1, -0.05) is 18.2 Å². The number of aryl methyl sites for hydroxylation is 1. The number of thiophene rings is 1. The number of rotatable bonds is 5. The maximum atomic E-state index is 5.40. The summed E-state index contributed by atoms with van der Waals surface area (Å²) < 4.78 is 6.59. The van der Waals surface area contributed by atoms with Gasteiger partial charge in [0.25, 0.3) is 0 Å². The molecule has 0 radical (unpaired) electrons. The molecule has 0 unspecified atom stereocenters. The summed E-state index contributed by atoms with van der Waals surface area (Å²) in [4.78, 5) is 2.66. The van der Waals surface area contributed by atoms with E-state index in [4.69, 9.17) is 4.74 Å². The Labute approximate surface area is 126 Å². The van der Waals surface area contributed by atoms with E-state index >= 15 is 0 Å². The van der Waals surface area contributed by atoms with Gasteiger partial charge in [-0.3, -0.25) is 0 Å². The van der Waals surface area contributed by atoms with Crippen molar-refractivity contribution >= 4 is 27.3 Å². The third-order valence-corrected chi connectivity index (χ3v) is 5.23. The van der Waals surface area contributed by atoms with Crippen LogP contribution in [0.4, 0.5) is 0 Å². The fourth-order valence-corrected chi connectivity index (χ4v) is 3.55. The van der Waals surface area contributed by atoms with Gasteiger partial charge in [0.05, 0.1) is 7.11 Å². The summed E-state index contributed by atoms with van der Waals surface area (Å²) in [5.74, 6) is 0.936. The van der Waals surface area contributed by atoms with Crippen molar-refractivity contribution in [1.29, 1.82) is 0 Å². The van der Waals surface area contributed by atoms with Gasteiger partial charge in [0.15, 0.2) is 0 Å². The number of ether oxygens (including phenoxy) is 1. The normalized spacial score (nSPS) is 12.4. The molecule has 19 heavy (non-hydrogen) atoms. The second-order valence-corrected chi connectivity index (χ2v) is 6.66. The van der Waals surface area contributed by atoms with E-state index in [2.05, 4.69) is 47.2 Å². The largest absolute Gasteiger partial charge is 0.496 e. The van der Waals surface area contributed by atoms with Gasteiger partial charge in [-0.25, -0.2) is 0 Å². The van der Waals surface area contributed by atoms with Gasteiger partial charge >= 0.3 is 0 Å². The average molecular weight is 340 g/mol. The van der Waals surface area contributed by atoms with Gasteiger partial charge < -0.3 is 10.1 Å². The molecular weight excluding hydrogens is 322 g/mol. The fraction of sp³-hybridized carbons (Fsp3) is 0.333. The first-order valence-corrected chi connectivity index (χ1v) is 7.84. The van der Waals surface area contributed by atoms with Gasteiger partial charge in [-0.15, -0.1) is 11.3 Å².